The summed E-state index contributed by atoms with van der Waals surface area (Å²) in [6, 6.07) is 11.5. The maximum absolute atomic E-state index is 13.5. The molecule has 3 aromatic rings. The third-order valence-electron chi connectivity index (χ3n) is 3.38. The Hall–Kier alpha value is -2.93. The number of H-pyrrole nitrogens is 1. The van der Waals surface area contributed by atoms with Crippen molar-refractivity contribution in [2.45, 2.75) is 6.92 Å². The standard InChI is InChI=1S/C17H11FN2O/c1-10-5-12(7-13(18)6-10)17(21)14-9-20-15-4-2-3-11(8-19)16(14)15/h2-7,9,20H,1H3. The average molecular weight is 278 g/mol. The fourth-order valence-corrected chi connectivity index (χ4v) is 2.48. The van der Waals surface area contributed by atoms with Gasteiger partial charge in [-0.25, -0.2) is 4.39 Å². The van der Waals surface area contributed by atoms with E-state index in [-0.39, 0.29) is 11.3 Å². The van der Waals surface area contributed by atoms with Crippen LogP contribution in [0.15, 0.2) is 42.6 Å². The second-order valence-corrected chi connectivity index (χ2v) is 4.89. The Morgan fingerprint density at radius 3 is 2.81 bits per heavy atom. The summed E-state index contributed by atoms with van der Waals surface area (Å²) in [5.41, 5.74) is 2.47. The fraction of sp³-hybridized carbons (Fsp3) is 0.0588. The number of nitrogens with one attached hydrogen (secondary N) is 1. The van der Waals surface area contributed by atoms with E-state index in [0.717, 1.165) is 0 Å². The third-order valence-corrected chi connectivity index (χ3v) is 3.38. The molecule has 2 aromatic carbocycles. The maximum Gasteiger partial charge on any atom is 0.195 e. The molecule has 0 aliphatic rings. The van der Waals surface area contributed by atoms with E-state index in [1.807, 2.05) is 0 Å². The zero-order chi connectivity index (χ0) is 15.0. The van der Waals surface area contributed by atoms with Crippen LogP contribution in [-0.4, -0.2) is 10.8 Å². The first-order valence-corrected chi connectivity index (χ1v) is 6.42. The molecule has 0 atom stereocenters. The van der Waals surface area contributed by atoms with Crippen molar-refractivity contribution in [1.82, 2.24) is 4.98 Å². The Morgan fingerprint density at radius 1 is 1.29 bits per heavy atom. The van der Waals surface area contributed by atoms with Crippen molar-refractivity contribution in [3.05, 3.63) is 70.7 Å². The summed E-state index contributed by atoms with van der Waals surface area (Å²) in [7, 11) is 0. The number of benzene rings is 2. The SMILES string of the molecule is Cc1cc(F)cc(C(=O)c2c[nH]c3cccc(C#N)c23)c1. The van der Waals surface area contributed by atoms with Crippen LogP contribution in [0.3, 0.4) is 0 Å². The third kappa shape index (κ3) is 2.19. The monoisotopic (exact) mass is 278 g/mol. The van der Waals surface area contributed by atoms with E-state index in [1.54, 1.807) is 37.4 Å². The quantitative estimate of drug-likeness (QED) is 0.726. The average Bonchev–Trinajstić information content (AvgIpc) is 2.89. The van der Waals surface area contributed by atoms with E-state index in [0.29, 0.717) is 27.6 Å². The van der Waals surface area contributed by atoms with E-state index in [4.69, 9.17) is 0 Å². The molecule has 0 saturated heterocycles. The van der Waals surface area contributed by atoms with E-state index < -0.39 is 5.82 Å². The lowest BCUT2D eigenvalue weighted by molar-refractivity contribution is 0.104. The molecule has 0 fully saturated rings. The highest BCUT2D eigenvalue weighted by Crippen LogP contribution is 2.25. The second-order valence-electron chi connectivity index (χ2n) is 4.89. The zero-order valence-electron chi connectivity index (χ0n) is 11.3. The molecule has 4 heteroatoms. The molecule has 3 nitrogen and oxygen atoms in total. The Labute approximate surface area is 120 Å². The van der Waals surface area contributed by atoms with Gasteiger partial charge in [0.15, 0.2) is 5.78 Å². The van der Waals surface area contributed by atoms with Crippen molar-refractivity contribution in [3.8, 4) is 6.07 Å². The number of halogens is 1. The Bertz CT molecular complexity index is 883. The van der Waals surface area contributed by atoms with Gasteiger partial charge in [-0.2, -0.15) is 5.26 Å². The van der Waals surface area contributed by atoms with Gasteiger partial charge in [-0.3, -0.25) is 4.79 Å². The van der Waals surface area contributed by atoms with Gasteiger partial charge >= 0.3 is 0 Å². The number of hydrogen-bond acceptors (Lipinski definition) is 2. The highest BCUT2D eigenvalue weighted by Gasteiger charge is 2.17. The molecule has 102 valence electrons. The van der Waals surface area contributed by atoms with Crippen molar-refractivity contribution in [1.29, 1.82) is 5.26 Å². The number of nitriles is 1. The van der Waals surface area contributed by atoms with E-state index in [9.17, 15) is 14.4 Å². The van der Waals surface area contributed by atoms with Crippen LogP contribution in [0.25, 0.3) is 10.9 Å². The molecule has 0 unspecified atom stereocenters. The molecule has 0 radical (unpaired) electrons. The van der Waals surface area contributed by atoms with Gasteiger partial charge in [0.2, 0.25) is 0 Å². The van der Waals surface area contributed by atoms with E-state index >= 15 is 0 Å². The molecule has 1 N–H and O–H groups in total. The van der Waals surface area contributed by atoms with Crippen LogP contribution in [0, 0.1) is 24.1 Å². The van der Waals surface area contributed by atoms with Crippen LogP contribution < -0.4 is 0 Å². The summed E-state index contributed by atoms with van der Waals surface area (Å²) in [5.74, 6) is -0.745. The molecule has 0 bridgehead atoms. The first-order valence-electron chi connectivity index (χ1n) is 6.42. The fourth-order valence-electron chi connectivity index (χ4n) is 2.48. The Balaban J connectivity index is 2.21. The minimum absolute atomic E-state index is 0.279. The highest BCUT2D eigenvalue weighted by molar-refractivity contribution is 6.17. The summed E-state index contributed by atoms with van der Waals surface area (Å²) < 4.78 is 13.5. The minimum atomic E-state index is -0.446. The number of aromatic amines is 1. The Kier molecular flexibility index (Phi) is 3.03. The number of hydrogen-bond donors (Lipinski definition) is 1. The lowest BCUT2D eigenvalue weighted by Gasteiger charge is -2.03. The molecular formula is C17H11FN2O. The predicted octanol–water partition coefficient (Wildman–Crippen LogP) is 3.72. The van der Waals surface area contributed by atoms with Crippen molar-refractivity contribution in [3.63, 3.8) is 0 Å². The van der Waals surface area contributed by atoms with E-state index in [2.05, 4.69) is 11.1 Å². The van der Waals surface area contributed by atoms with Crippen LogP contribution in [0.5, 0.6) is 0 Å². The van der Waals surface area contributed by atoms with Crippen LogP contribution in [0.4, 0.5) is 4.39 Å². The molecule has 3 rings (SSSR count). The van der Waals surface area contributed by atoms with Gasteiger partial charge < -0.3 is 4.98 Å². The number of carbonyl (C=O) groups excluding carboxylic acids is 1. The van der Waals surface area contributed by atoms with Gasteiger partial charge in [0, 0.05) is 28.2 Å². The molecule has 0 aliphatic carbocycles. The van der Waals surface area contributed by atoms with Crippen molar-refractivity contribution < 1.29 is 9.18 Å². The van der Waals surface area contributed by atoms with Crippen LogP contribution in [-0.2, 0) is 0 Å². The zero-order valence-corrected chi connectivity index (χ0v) is 11.3. The number of aromatic nitrogens is 1. The van der Waals surface area contributed by atoms with Crippen LogP contribution in [0.2, 0.25) is 0 Å². The smallest absolute Gasteiger partial charge is 0.195 e. The lowest BCUT2D eigenvalue weighted by atomic mass is 9.99. The van der Waals surface area contributed by atoms with Crippen molar-refractivity contribution >= 4 is 16.7 Å². The van der Waals surface area contributed by atoms with Crippen molar-refractivity contribution in [2.75, 3.05) is 0 Å². The van der Waals surface area contributed by atoms with Crippen LogP contribution >= 0.6 is 0 Å². The largest absolute Gasteiger partial charge is 0.360 e. The first-order chi connectivity index (χ1) is 10.1. The maximum atomic E-state index is 13.5. The first kappa shape index (κ1) is 13.1. The molecule has 0 spiro atoms. The second kappa shape index (κ2) is 4.88. The number of fused-ring (bicyclic) bond motifs is 1. The Morgan fingerprint density at radius 2 is 2.10 bits per heavy atom. The molecular weight excluding hydrogens is 267 g/mol. The minimum Gasteiger partial charge on any atom is -0.360 e. The molecule has 0 saturated carbocycles. The topological polar surface area (TPSA) is 56.6 Å². The molecule has 0 amide bonds. The lowest BCUT2D eigenvalue weighted by Crippen LogP contribution is -2.02. The number of carbonyl (C=O) groups is 1. The van der Waals surface area contributed by atoms with Gasteiger partial charge in [-0.1, -0.05) is 6.07 Å². The number of ketones is 1. The number of aryl methyl sites for hydroxylation is 1. The molecule has 0 aliphatic heterocycles. The summed E-state index contributed by atoms with van der Waals surface area (Å²) in [4.78, 5) is 15.6. The predicted molar refractivity (Wildman–Crippen MR) is 77.6 cm³/mol. The summed E-state index contributed by atoms with van der Waals surface area (Å²) >= 11 is 0. The van der Waals surface area contributed by atoms with Gasteiger partial charge in [0.05, 0.1) is 11.6 Å². The van der Waals surface area contributed by atoms with E-state index in [1.165, 1.54) is 12.1 Å². The van der Waals surface area contributed by atoms with Gasteiger partial charge in [-0.15, -0.1) is 0 Å². The molecule has 1 heterocycles. The van der Waals surface area contributed by atoms with Crippen LogP contribution in [0.1, 0.15) is 27.0 Å². The molecule has 21 heavy (non-hydrogen) atoms. The summed E-state index contributed by atoms with van der Waals surface area (Å²) in [6.45, 7) is 1.73. The van der Waals surface area contributed by atoms with Gasteiger partial charge in [0.1, 0.15) is 5.82 Å². The summed E-state index contributed by atoms with van der Waals surface area (Å²) in [6.07, 6.45) is 1.56. The number of nitrogens with zero attached hydrogens (tertiary/aromatic N) is 1. The van der Waals surface area contributed by atoms with Crippen molar-refractivity contribution in [2.24, 2.45) is 0 Å². The van der Waals surface area contributed by atoms with Gasteiger partial charge in [-0.05, 0) is 42.8 Å². The van der Waals surface area contributed by atoms with Gasteiger partial charge in [0.25, 0.3) is 0 Å². The highest BCUT2D eigenvalue weighted by atomic mass is 19.1. The number of rotatable bonds is 2. The summed E-state index contributed by atoms with van der Waals surface area (Å²) in [5, 5.41) is 9.76. The normalized spacial score (nSPS) is 10.5. The molecule has 1 aromatic heterocycles.